The Hall–Kier alpha value is -0.480. The molecule has 0 bridgehead atoms. The second-order valence-electron chi connectivity index (χ2n) is 16.0. The van der Waals surface area contributed by atoms with Gasteiger partial charge in [0.15, 0.2) is 0 Å². The molecule has 0 spiro atoms. The lowest BCUT2D eigenvalue weighted by Crippen LogP contribution is -2.26. The lowest BCUT2D eigenvalue weighted by Gasteiger charge is -2.34. The molecule has 1 aromatic carbocycles. The number of hydrogen-bond donors (Lipinski definition) is 4. The minimum Gasteiger partial charge on any atom is -0.363 e. The number of para-hydroxylation sites is 1. The van der Waals surface area contributed by atoms with Crippen LogP contribution < -0.4 is 4.90 Å². The molecule has 0 heterocycles. The summed E-state index contributed by atoms with van der Waals surface area (Å²) in [5.74, 6) is -0.738. The molecule has 59 heavy (non-hydrogen) atoms. The minimum absolute atomic E-state index is 0.184. The van der Waals surface area contributed by atoms with Gasteiger partial charge in [-0.3, -0.25) is 18.2 Å². The summed E-state index contributed by atoms with van der Waals surface area (Å²) in [5.41, 5.74) is 1.24. The summed E-state index contributed by atoms with van der Waals surface area (Å²) >= 11 is 0. The fourth-order valence-electron chi connectivity index (χ4n) is 7.14. The fourth-order valence-corrected chi connectivity index (χ4v) is 14.8. The topological polar surface area (TPSA) is 221 Å². The molecule has 0 atom stereocenters. The Balaban J connectivity index is 2.94. The van der Waals surface area contributed by atoms with E-state index in [9.17, 15) is 33.7 Å². The zero-order valence-electron chi connectivity index (χ0n) is 35.5. The molecule has 13 nitrogen and oxygen atoms in total. The highest BCUT2D eigenvalue weighted by atomic mass is 32.2. The minimum atomic E-state index is -3.91. The highest BCUT2D eigenvalue weighted by Gasteiger charge is 2.19. The van der Waals surface area contributed by atoms with Gasteiger partial charge in [-0.1, -0.05) is 137 Å². The van der Waals surface area contributed by atoms with E-state index in [0.717, 1.165) is 166 Å². The van der Waals surface area contributed by atoms with Crippen LogP contribution in [0.15, 0.2) is 30.3 Å². The Morgan fingerprint density at radius 1 is 0.339 bits per heavy atom. The van der Waals surface area contributed by atoms with Crippen molar-refractivity contribution in [1.29, 1.82) is 0 Å². The first-order valence-electron chi connectivity index (χ1n) is 21.9. The molecule has 0 fully saturated rings. The van der Waals surface area contributed by atoms with Gasteiger partial charge in [-0.05, 0) is 88.1 Å². The summed E-state index contributed by atoms with van der Waals surface area (Å²) in [6.45, 7) is 0. The van der Waals surface area contributed by atoms with Gasteiger partial charge >= 0.3 is 0 Å². The highest BCUT2D eigenvalue weighted by molar-refractivity contribution is 7.86. The molecule has 0 saturated heterocycles. The first-order chi connectivity index (χ1) is 27.8. The maximum atomic E-state index is 11.1. The van der Waals surface area contributed by atoms with Crippen LogP contribution in [-0.2, 0) is 40.5 Å². The molecule has 4 N–H and O–H groups in total. The fraction of sp³-hybridized carbons (Fsp3) is 0.850. The van der Waals surface area contributed by atoms with Crippen molar-refractivity contribution in [2.75, 3.05) is 65.1 Å². The molecule has 0 aromatic heterocycles. The molecule has 348 valence electrons. The van der Waals surface area contributed by atoms with E-state index in [2.05, 4.69) is 29.2 Å². The van der Waals surface area contributed by atoms with Gasteiger partial charge in [0, 0.05) is 18.3 Å². The van der Waals surface area contributed by atoms with Crippen molar-refractivity contribution in [1.82, 2.24) is 0 Å². The van der Waals surface area contributed by atoms with E-state index in [1.54, 1.807) is 0 Å². The molecule has 0 radical (unpaired) electrons. The summed E-state index contributed by atoms with van der Waals surface area (Å²) in [5, 5.41) is 0. The van der Waals surface area contributed by atoms with E-state index >= 15 is 0 Å². The number of unbranched alkanes of at least 4 members (excludes halogenated alkanes) is 20. The predicted molar refractivity (Wildman–Crippen MR) is 248 cm³/mol. The number of anilines is 1. The summed E-state index contributed by atoms with van der Waals surface area (Å²) in [6, 6.07) is 10.7. The number of rotatable bonds is 41. The first-order valence-corrected chi connectivity index (χ1v) is 32.1. The quantitative estimate of drug-likeness (QED) is 0.0273. The van der Waals surface area contributed by atoms with E-state index < -0.39 is 40.5 Å². The van der Waals surface area contributed by atoms with E-state index in [0.29, 0.717) is 25.7 Å². The van der Waals surface area contributed by atoms with Gasteiger partial charge in [0.05, 0.1) is 23.0 Å². The van der Waals surface area contributed by atoms with Crippen LogP contribution in [0.2, 0.25) is 0 Å². The maximum absolute atomic E-state index is 11.1. The third kappa shape index (κ3) is 38.9. The van der Waals surface area contributed by atoms with Crippen molar-refractivity contribution in [2.24, 2.45) is 0 Å². The number of nitrogens with zero attached hydrogens (tertiary/aromatic N) is 1. The monoisotopic (exact) mass is 953 g/mol. The van der Waals surface area contributed by atoms with Crippen LogP contribution >= 0.6 is 15.8 Å². The predicted octanol–water partition coefficient (Wildman–Crippen LogP) is 10.3. The van der Waals surface area contributed by atoms with E-state index in [-0.39, 0.29) is 38.9 Å². The van der Waals surface area contributed by atoms with Crippen molar-refractivity contribution in [3.8, 4) is 0 Å². The summed E-state index contributed by atoms with van der Waals surface area (Å²) in [6.07, 6.45) is 28.4. The average molecular weight is 954 g/mol. The van der Waals surface area contributed by atoms with Gasteiger partial charge in [-0.25, -0.2) is 0 Å². The maximum Gasteiger partial charge on any atom is 0.264 e. The van der Waals surface area contributed by atoms with Gasteiger partial charge in [-0.2, -0.15) is 33.7 Å². The summed E-state index contributed by atoms with van der Waals surface area (Å²) in [4.78, 5) is 2.63. The average Bonchev–Trinajstić information content (AvgIpc) is 3.13. The smallest absolute Gasteiger partial charge is 0.264 e. The van der Waals surface area contributed by atoms with Crippen molar-refractivity contribution in [3.63, 3.8) is 0 Å². The molecule has 0 aliphatic heterocycles. The zero-order valence-corrected chi connectivity index (χ0v) is 40.5. The Morgan fingerprint density at radius 2 is 0.559 bits per heavy atom. The van der Waals surface area contributed by atoms with Gasteiger partial charge < -0.3 is 4.90 Å². The van der Waals surface area contributed by atoms with Crippen molar-refractivity contribution < 1.29 is 51.9 Å². The van der Waals surface area contributed by atoms with Crippen LogP contribution in [0.25, 0.3) is 0 Å². The van der Waals surface area contributed by atoms with Gasteiger partial charge in [0.2, 0.25) is 0 Å². The van der Waals surface area contributed by atoms with Gasteiger partial charge in [-0.15, -0.1) is 0 Å². The third-order valence-corrected chi connectivity index (χ3v) is 18.9. The molecule has 1 rings (SSSR count). The third-order valence-electron chi connectivity index (χ3n) is 10.4. The normalized spacial score (nSPS) is 12.8. The largest absolute Gasteiger partial charge is 0.363 e. The molecule has 0 saturated carbocycles. The Labute approximate surface area is 361 Å². The van der Waals surface area contributed by atoms with Crippen LogP contribution in [0, 0.1) is 0 Å². The zero-order chi connectivity index (χ0) is 43.9. The summed E-state index contributed by atoms with van der Waals surface area (Å²) in [7, 11) is -16.3. The lowest BCUT2D eigenvalue weighted by molar-refractivity contribution is 0.476. The van der Waals surface area contributed by atoms with Crippen LogP contribution in [-0.4, -0.2) is 112 Å². The lowest BCUT2D eigenvalue weighted by atomic mass is 10.1. The Morgan fingerprint density at radius 3 is 0.797 bits per heavy atom. The van der Waals surface area contributed by atoms with Crippen LogP contribution in [0.4, 0.5) is 5.69 Å². The second-order valence-corrected chi connectivity index (χ2v) is 27.3. The van der Waals surface area contributed by atoms with Gasteiger partial charge in [0.25, 0.3) is 40.5 Å². The SMILES string of the molecule is O=S(=O)(O)CCCCCCCCP(CCCCCCCCS(=O)(=O)O)CN(CP(CCCCCCCCS(=O)(=O)O)CCCCCCCCS(=O)(=O)O)c1ccccc1. The van der Waals surface area contributed by atoms with Gasteiger partial charge in [0.1, 0.15) is 0 Å². The van der Waals surface area contributed by atoms with Crippen molar-refractivity contribution in [3.05, 3.63) is 30.3 Å². The van der Waals surface area contributed by atoms with E-state index in [4.69, 9.17) is 18.2 Å². The molecule has 0 unspecified atom stereocenters. The molecule has 19 heteroatoms. The number of hydrogen-bond acceptors (Lipinski definition) is 9. The number of benzene rings is 1. The molecular formula is C40H77NO12P2S4. The van der Waals surface area contributed by atoms with Crippen LogP contribution in [0.5, 0.6) is 0 Å². The highest BCUT2D eigenvalue weighted by Crippen LogP contribution is 2.45. The van der Waals surface area contributed by atoms with E-state index in [1.807, 2.05) is 6.07 Å². The van der Waals surface area contributed by atoms with Crippen LogP contribution in [0.1, 0.15) is 154 Å². The summed E-state index contributed by atoms with van der Waals surface area (Å²) < 4.78 is 125. The van der Waals surface area contributed by atoms with E-state index in [1.165, 1.54) is 5.69 Å². The molecule has 0 aliphatic rings. The first kappa shape index (κ1) is 56.5. The molecule has 1 aromatic rings. The molecule has 0 aliphatic carbocycles. The molecular weight excluding hydrogens is 877 g/mol. The van der Waals surface area contributed by atoms with Crippen molar-refractivity contribution in [2.45, 2.75) is 154 Å². The standard InChI is InChI=1S/C40H77NO12P2S4/c42-56(43,44)34-24-13-5-1-9-20-30-54(31-21-10-2-6-14-25-35-57(45,46)47)38-41(40-28-18-17-19-29-40)39-55(32-22-11-3-7-15-26-36-58(48,49)50)33-23-12-4-8-16-27-37-59(51,52)53/h17-19,28-29H,1-16,20-27,30-39H2,(H,42,43,44)(H,45,46,47)(H,48,49,50)(H,51,52,53). The Kier molecular flexibility index (Phi) is 31.7. The van der Waals surface area contributed by atoms with Crippen LogP contribution in [0.3, 0.4) is 0 Å². The van der Waals surface area contributed by atoms with Crippen molar-refractivity contribution >= 4 is 62.0 Å². The second kappa shape index (κ2) is 33.1. The molecule has 0 amide bonds. The Bertz CT molecular complexity index is 1440.